The van der Waals surface area contributed by atoms with Gasteiger partial charge in [0.25, 0.3) is 0 Å². The van der Waals surface area contributed by atoms with Crippen LogP contribution in [0.25, 0.3) is 0 Å². The van der Waals surface area contributed by atoms with Crippen molar-refractivity contribution in [2.45, 2.75) is 38.2 Å². The molecule has 0 unspecified atom stereocenters. The zero-order valence-electron chi connectivity index (χ0n) is 21.0. The van der Waals surface area contributed by atoms with Gasteiger partial charge in [-0.1, -0.05) is 35.3 Å². The standard InChI is InChI=1S/C25H23Cl2F4N7O2/c1-2-37(23(39)18-6-4-10-33-18)19-12-38(36-22(19)14-8-9-15(26)16(27)11-14)24(34-13-32)35-17-5-3-7-20(21(17)28)40-25(29,30)31/h3,5,7-9,11,18-19,33H,2,4,6,10,12H2,1H3,(H,34,35)/t18-,19-/m1/s1. The van der Waals surface area contributed by atoms with Gasteiger partial charge >= 0.3 is 6.36 Å². The van der Waals surface area contributed by atoms with Crippen molar-refractivity contribution in [1.82, 2.24) is 15.2 Å². The Morgan fingerprint density at radius 2 is 2.10 bits per heavy atom. The molecule has 1 fully saturated rings. The van der Waals surface area contributed by atoms with E-state index in [-0.39, 0.29) is 29.5 Å². The average Bonchev–Trinajstić information content (AvgIpc) is 3.58. The number of anilines is 1. The van der Waals surface area contributed by atoms with E-state index in [1.165, 1.54) is 5.01 Å². The minimum Gasteiger partial charge on any atom is -0.403 e. The van der Waals surface area contributed by atoms with Crippen LogP contribution in [-0.4, -0.2) is 65.6 Å². The van der Waals surface area contributed by atoms with Crippen molar-refractivity contribution in [2.24, 2.45) is 10.1 Å². The number of carbonyl (C=O) groups is 1. The number of carbonyl (C=O) groups excluding carboxylic acids is 1. The van der Waals surface area contributed by atoms with E-state index in [1.807, 2.05) is 6.92 Å². The molecular weight excluding hydrogens is 577 g/mol. The van der Waals surface area contributed by atoms with Crippen LogP contribution < -0.4 is 15.4 Å². The van der Waals surface area contributed by atoms with E-state index in [4.69, 9.17) is 23.2 Å². The largest absolute Gasteiger partial charge is 0.573 e. The number of alkyl halides is 3. The lowest BCUT2D eigenvalue weighted by Crippen LogP contribution is -2.52. The molecule has 1 amide bonds. The molecule has 9 nitrogen and oxygen atoms in total. The Hall–Kier alpha value is -3.60. The van der Waals surface area contributed by atoms with Crippen LogP contribution >= 0.6 is 23.2 Å². The SMILES string of the molecule is CCN(C(=O)[C@H]1CCCN1)[C@@H]1CN(/C(=N\C#N)Nc2cccc(OC(F)(F)F)c2F)N=C1c1ccc(Cl)c(Cl)c1. The molecule has 212 valence electrons. The molecule has 2 aliphatic rings. The Labute approximate surface area is 237 Å². The summed E-state index contributed by atoms with van der Waals surface area (Å²) in [6, 6.07) is 6.90. The second-order valence-corrected chi connectivity index (χ2v) is 9.63. The highest BCUT2D eigenvalue weighted by molar-refractivity contribution is 6.42. The fourth-order valence-electron chi connectivity index (χ4n) is 4.53. The maximum absolute atomic E-state index is 14.9. The quantitative estimate of drug-likeness (QED) is 0.210. The van der Waals surface area contributed by atoms with E-state index >= 15 is 0 Å². The molecule has 0 radical (unpaired) electrons. The Morgan fingerprint density at radius 3 is 2.73 bits per heavy atom. The number of nitrogens with zero attached hydrogens (tertiary/aromatic N) is 5. The van der Waals surface area contributed by atoms with E-state index in [1.54, 1.807) is 29.3 Å². The number of hydrogen-bond acceptors (Lipinski definition) is 6. The molecule has 2 N–H and O–H groups in total. The number of benzene rings is 2. The van der Waals surface area contributed by atoms with Gasteiger partial charge in [0.2, 0.25) is 18.1 Å². The van der Waals surface area contributed by atoms with Crippen LogP contribution in [0.3, 0.4) is 0 Å². The molecule has 40 heavy (non-hydrogen) atoms. The van der Waals surface area contributed by atoms with E-state index in [9.17, 15) is 27.6 Å². The Balaban J connectivity index is 1.70. The fourth-order valence-corrected chi connectivity index (χ4v) is 4.83. The molecule has 2 aromatic carbocycles. The second kappa shape index (κ2) is 12.3. The topological polar surface area (TPSA) is 105 Å². The van der Waals surface area contributed by atoms with Gasteiger partial charge < -0.3 is 20.3 Å². The van der Waals surface area contributed by atoms with Crippen LogP contribution in [0, 0.1) is 17.3 Å². The lowest BCUT2D eigenvalue weighted by molar-refractivity contribution is -0.275. The highest BCUT2D eigenvalue weighted by Gasteiger charge is 2.39. The lowest BCUT2D eigenvalue weighted by Gasteiger charge is -2.31. The number of likely N-dealkylation sites (N-methyl/N-ethyl adjacent to an activating group) is 1. The first-order valence-corrected chi connectivity index (χ1v) is 12.9. The van der Waals surface area contributed by atoms with Crippen LogP contribution in [-0.2, 0) is 4.79 Å². The second-order valence-electron chi connectivity index (χ2n) is 8.81. The predicted molar refractivity (Wildman–Crippen MR) is 142 cm³/mol. The molecule has 2 heterocycles. The van der Waals surface area contributed by atoms with Crippen molar-refractivity contribution >= 4 is 46.5 Å². The first-order valence-electron chi connectivity index (χ1n) is 12.2. The average molecular weight is 600 g/mol. The Bertz CT molecular complexity index is 1370. The first-order chi connectivity index (χ1) is 19.0. The van der Waals surface area contributed by atoms with Gasteiger partial charge in [-0.3, -0.25) is 4.79 Å². The van der Waals surface area contributed by atoms with Gasteiger partial charge in [0.05, 0.1) is 40.1 Å². The number of halogens is 6. The van der Waals surface area contributed by atoms with E-state index in [0.29, 0.717) is 35.8 Å². The molecule has 15 heteroatoms. The van der Waals surface area contributed by atoms with Crippen molar-refractivity contribution in [2.75, 3.05) is 25.0 Å². The van der Waals surface area contributed by atoms with Gasteiger partial charge in [0.15, 0.2) is 11.6 Å². The summed E-state index contributed by atoms with van der Waals surface area (Å²) in [4.78, 5) is 18.8. The zero-order chi connectivity index (χ0) is 29.0. The molecule has 0 aromatic heterocycles. The van der Waals surface area contributed by atoms with E-state index in [0.717, 1.165) is 24.6 Å². The molecule has 4 rings (SSSR count). The summed E-state index contributed by atoms with van der Waals surface area (Å²) in [5, 5.41) is 21.4. The Kier molecular flexibility index (Phi) is 9.02. The highest BCUT2D eigenvalue weighted by atomic mass is 35.5. The number of rotatable bonds is 6. The first kappa shape index (κ1) is 29.4. The normalized spacial score (nSPS) is 19.3. The monoisotopic (exact) mass is 599 g/mol. The molecule has 1 saturated heterocycles. The van der Waals surface area contributed by atoms with Gasteiger partial charge in [-0.25, -0.2) is 9.40 Å². The maximum atomic E-state index is 14.9. The van der Waals surface area contributed by atoms with Crippen molar-refractivity contribution in [3.8, 4) is 11.9 Å². The van der Waals surface area contributed by atoms with Crippen molar-refractivity contribution in [3.05, 3.63) is 57.8 Å². The lowest BCUT2D eigenvalue weighted by atomic mass is 10.0. The van der Waals surface area contributed by atoms with Crippen LogP contribution in [0.5, 0.6) is 5.75 Å². The molecular formula is C25H23Cl2F4N7O2. The minimum absolute atomic E-state index is 0.00421. The molecule has 2 aliphatic heterocycles. The van der Waals surface area contributed by atoms with Crippen molar-refractivity contribution in [3.63, 3.8) is 0 Å². The number of hydrazone groups is 1. The third-order valence-corrected chi connectivity index (χ3v) is 7.04. The van der Waals surface area contributed by atoms with Gasteiger partial charge in [0.1, 0.15) is 0 Å². The number of nitrogens with one attached hydrogen (secondary N) is 2. The summed E-state index contributed by atoms with van der Waals surface area (Å²) in [6.45, 7) is 2.84. The summed E-state index contributed by atoms with van der Waals surface area (Å²) >= 11 is 12.3. The van der Waals surface area contributed by atoms with Crippen LogP contribution in [0.4, 0.5) is 23.2 Å². The van der Waals surface area contributed by atoms with Crippen LogP contribution in [0.15, 0.2) is 46.5 Å². The summed E-state index contributed by atoms with van der Waals surface area (Å²) < 4.78 is 56.8. The minimum atomic E-state index is -5.12. The third-order valence-electron chi connectivity index (χ3n) is 6.30. The molecule has 2 atom stereocenters. The van der Waals surface area contributed by atoms with E-state index in [2.05, 4.69) is 25.5 Å². The summed E-state index contributed by atoms with van der Waals surface area (Å²) in [6.07, 6.45) is -2.01. The predicted octanol–water partition coefficient (Wildman–Crippen LogP) is 4.97. The highest BCUT2D eigenvalue weighted by Crippen LogP contribution is 2.31. The summed E-state index contributed by atoms with van der Waals surface area (Å²) in [7, 11) is 0. The summed E-state index contributed by atoms with van der Waals surface area (Å²) in [5.74, 6) is -2.85. The summed E-state index contributed by atoms with van der Waals surface area (Å²) in [5.41, 5.74) is 0.494. The van der Waals surface area contributed by atoms with Gasteiger partial charge in [-0.15, -0.1) is 18.2 Å². The Morgan fingerprint density at radius 1 is 1.32 bits per heavy atom. The number of nitriles is 1. The number of aliphatic imine (C=N–C) groups is 1. The van der Waals surface area contributed by atoms with Gasteiger partial charge in [0, 0.05) is 12.1 Å². The van der Waals surface area contributed by atoms with E-state index < -0.39 is 29.7 Å². The number of guanidine groups is 1. The molecule has 0 spiro atoms. The molecule has 0 aliphatic carbocycles. The van der Waals surface area contributed by atoms with Crippen molar-refractivity contribution in [1.29, 1.82) is 5.26 Å². The number of amides is 1. The molecule has 0 bridgehead atoms. The molecule has 2 aromatic rings. The molecule has 0 saturated carbocycles. The fraction of sp³-hybridized carbons (Fsp3) is 0.360. The number of hydrogen-bond donors (Lipinski definition) is 2. The zero-order valence-corrected chi connectivity index (χ0v) is 22.5. The maximum Gasteiger partial charge on any atom is 0.573 e. The van der Waals surface area contributed by atoms with Crippen molar-refractivity contribution < 1.29 is 27.1 Å². The smallest absolute Gasteiger partial charge is 0.403 e. The van der Waals surface area contributed by atoms with Crippen LogP contribution in [0.1, 0.15) is 25.3 Å². The van der Waals surface area contributed by atoms with Gasteiger partial charge in [-0.05, 0) is 50.6 Å². The van der Waals surface area contributed by atoms with Gasteiger partial charge in [-0.2, -0.15) is 10.4 Å². The number of ether oxygens (including phenoxy) is 1. The van der Waals surface area contributed by atoms with Crippen LogP contribution in [0.2, 0.25) is 10.0 Å². The third kappa shape index (κ3) is 6.57.